The largest absolute Gasteiger partial charge is 0.353 e. The minimum Gasteiger partial charge on any atom is -0.292 e. The Morgan fingerprint density at radius 3 is 1.48 bits per heavy atom. The summed E-state index contributed by atoms with van der Waals surface area (Å²) in [6, 6.07) is 0. The molecule has 0 heterocycles. The van der Waals surface area contributed by atoms with Crippen molar-refractivity contribution in [2.24, 2.45) is 9.51 Å². The zero-order valence-corrected chi connectivity index (χ0v) is 18.9. The lowest BCUT2D eigenvalue weighted by Crippen LogP contribution is -2.44. The highest BCUT2D eigenvalue weighted by Crippen LogP contribution is 2.69. The van der Waals surface area contributed by atoms with Gasteiger partial charge in [0.05, 0.1) is 5.96 Å². The molecule has 0 aromatic carbocycles. The molecule has 0 amide bonds. The first-order chi connectivity index (χ1) is 10.2. The van der Waals surface area contributed by atoms with Crippen LogP contribution in [-0.2, 0) is 0 Å². The summed E-state index contributed by atoms with van der Waals surface area (Å²) in [5, 5.41) is 3.80. The summed E-state index contributed by atoms with van der Waals surface area (Å²) < 4.78 is 14.3. The van der Waals surface area contributed by atoms with Crippen molar-refractivity contribution in [1.29, 1.82) is 0 Å². The predicted molar refractivity (Wildman–Crippen MR) is 108 cm³/mol. The fourth-order valence-corrected chi connectivity index (χ4v) is 10.1. The van der Waals surface area contributed by atoms with Gasteiger partial charge in [-0.1, -0.05) is 4.52 Å². The minimum atomic E-state index is -2.10. The van der Waals surface area contributed by atoms with Crippen molar-refractivity contribution < 1.29 is 0 Å². The second kappa shape index (κ2) is 8.48. The number of hydrogen-bond donors (Lipinski definition) is 1. The van der Waals surface area contributed by atoms with Crippen LogP contribution >= 0.6 is 15.2 Å². The molecule has 1 N–H and O–H groups in total. The first-order valence-electron chi connectivity index (χ1n) is 7.71. The highest BCUT2D eigenvalue weighted by molar-refractivity contribution is 7.83. The first-order valence-corrected chi connectivity index (χ1v) is 11.1. The van der Waals surface area contributed by atoms with Gasteiger partial charge in [-0.3, -0.25) is 14.3 Å². The second-order valence-electron chi connectivity index (χ2n) is 7.40. The van der Waals surface area contributed by atoms with Crippen LogP contribution in [0.15, 0.2) is 9.51 Å². The van der Waals surface area contributed by atoms with Gasteiger partial charge in [0.25, 0.3) is 0 Å². The monoisotopic (exact) mass is 366 g/mol. The van der Waals surface area contributed by atoms with Crippen LogP contribution in [0.3, 0.4) is 0 Å². The lowest BCUT2D eigenvalue weighted by molar-refractivity contribution is 0.454. The van der Waals surface area contributed by atoms with Crippen LogP contribution < -0.4 is 5.09 Å². The molecule has 9 heteroatoms. The van der Waals surface area contributed by atoms with Crippen molar-refractivity contribution in [3.8, 4) is 0 Å². The van der Waals surface area contributed by atoms with Crippen molar-refractivity contribution in [3.05, 3.63) is 0 Å². The lowest BCUT2D eigenvalue weighted by atomic mass is 10.1. The van der Waals surface area contributed by atoms with Gasteiger partial charge in [0.15, 0.2) is 7.36 Å². The molecule has 0 aliphatic rings. The van der Waals surface area contributed by atoms with Crippen LogP contribution in [-0.4, -0.2) is 93.6 Å². The standard InChI is InChI=1S/C14H38N7P2/c1-14(2,3)16-23(20(9)10,21(11)12)17-22(13-15-4,18(5)6)19(7)8/h13,16H,1-12H3/q+1. The van der Waals surface area contributed by atoms with Crippen LogP contribution in [0.2, 0.25) is 0 Å². The van der Waals surface area contributed by atoms with Crippen LogP contribution in [0, 0.1) is 0 Å². The van der Waals surface area contributed by atoms with E-state index in [1.165, 1.54) is 0 Å². The fraction of sp³-hybridized carbons (Fsp3) is 0.929. The van der Waals surface area contributed by atoms with Gasteiger partial charge in [-0.15, -0.1) is 14.4 Å². The summed E-state index contributed by atoms with van der Waals surface area (Å²) in [4.78, 5) is 4.35. The molecule has 0 aromatic rings. The Balaban J connectivity index is 6.67. The van der Waals surface area contributed by atoms with Crippen molar-refractivity contribution in [1.82, 2.24) is 23.8 Å². The third kappa shape index (κ3) is 5.57. The van der Waals surface area contributed by atoms with Crippen molar-refractivity contribution in [3.63, 3.8) is 0 Å². The normalized spacial score (nSPS) is 14.8. The number of nitrogens with one attached hydrogen (secondary N) is 1. The van der Waals surface area contributed by atoms with E-state index in [1.54, 1.807) is 0 Å². The van der Waals surface area contributed by atoms with E-state index in [2.05, 4.69) is 106 Å². The first kappa shape index (κ1) is 23.1. The molecule has 23 heavy (non-hydrogen) atoms. The topological polar surface area (TPSA) is 49.7 Å². The van der Waals surface area contributed by atoms with Gasteiger partial charge in [0.2, 0.25) is 0 Å². The molecule has 0 spiro atoms. The van der Waals surface area contributed by atoms with E-state index < -0.39 is 15.2 Å². The third-order valence-electron chi connectivity index (χ3n) is 3.31. The Morgan fingerprint density at radius 2 is 1.26 bits per heavy atom. The molecule has 0 radical (unpaired) electrons. The van der Waals surface area contributed by atoms with Crippen molar-refractivity contribution >= 4 is 21.2 Å². The number of aliphatic imine (C=N–C) groups is 1. The summed E-state index contributed by atoms with van der Waals surface area (Å²) in [5.74, 6) is 2.01. The molecule has 0 saturated heterocycles. The second-order valence-corrected chi connectivity index (χ2v) is 14.1. The van der Waals surface area contributed by atoms with Crippen LogP contribution in [0.1, 0.15) is 20.8 Å². The third-order valence-corrected chi connectivity index (χ3v) is 11.5. The zero-order chi connectivity index (χ0) is 18.6. The van der Waals surface area contributed by atoms with E-state index in [-0.39, 0.29) is 5.54 Å². The summed E-state index contributed by atoms with van der Waals surface area (Å²) in [6.45, 7) is 6.55. The number of nitrogens with zero attached hydrogens (tertiary/aromatic N) is 6. The smallest absolute Gasteiger partial charge is 0.292 e. The van der Waals surface area contributed by atoms with Crippen molar-refractivity contribution in [2.75, 3.05) is 63.4 Å². The van der Waals surface area contributed by atoms with E-state index >= 15 is 0 Å². The van der Waals surface area contributed by atoms with E-state index in [4.69, 9.17) is 4.52 Å². The zero-order valence-electron chi connectivity index (χ0n) is 17.2. The maximum atomic E-state index is 5.48. The predicted octanol–water partition coefficient (Wildman–Crippen LogP) is 2.99. The SMILES string of the molecule is CN=CP(=N[P+](NC(C)(C)C)(N(C)C)N(C)C)(N(C)C)N(C)C. The van der Waals surface area contributed by atoms with Crippen LogP contribution in [0.25, 0.3) is 0 Å². The summed E-state index contributed by atoms with van der Waals surface area (Å²) in [5.41, 5.74) is -0.0521. The quantitative estimate of drug-likeness (QED) is 0.554. The summed E-state index contributed by atoms with van der Waals surface area (Å²) in [7, 11) is 14.4. The summed E-state index contributed by atoms with van der Waals surface area (Å²) >= 11 is 0. The molecule has 7 nitrogen and oxygen atoms in total. The molecule has 0 aromatic heterocycles. The Kier molecular flexibility index (Phi) is 8.53. The highest BCUT2D eigenvalue weighted by Gasteiger charge is 2.51. The maximum absolute atomic E-state index is 5.48. The average Bonchev–Trinajstić information content (AvgIpc) is 2.34. The molecule has 0 aliphatic heterocycles. The van der Waals surface area contributed by atoms with Gasteiger partial charge in [-0.2, -0.15) is 0 Å². The average molecular weight is 366 g/mol. The van der Waals surface area contributed by atoms with Gasteiger partial charge in [-0.25, -0.2) is 0 Å². The van der Waals surface area contributed by atoms with Gasteiger partial charge in [0.1, 0.15) is 0 Å². The van der Waals surface area contributed by atoms with Crippen LogP contribution in [0.4, 0.5) is 0 Å². The van der Waals surface area contributed by atoms with Crippen molar-refractivity contribution in [2.45, 2.75) is 26.3 Å². The molecule has 0 fully saturated rings. The maximum Gasteiger partial charge on any atom is 0.353 e. The minimum absolute atomic E-state index is 0.0521. The molecule has 0 bridgehead atoms. The van der Waals surface area contributed by atoms with Gasteiger partial charge in [-0.05, 0) is 49.0 Å². The number of rotatable bonds is 7. The Bertz CT molecular complexity index is 431. The molecule has 0 unspecified atom stereocenters. The Morgan fingerprint density at radius 1 is 0.870 bits per heavy atom. The molecule has 0 saturated carbocycles. The highest BCUT2D eigenvalue weighted by atomic mass is 31.2. The molecule has 0 atom stereocenters. The Hall–Kier alpha value is 0.130. The lowest BCUT2D eigenvalue weighted by Gasteiger charge is -2.40. The molecule has 0 rings (SSSR count). The summed E-state index contributed by atoms with van der Waals surface area (Å²) in [6.07, 6.45) is 0. The van der Waals surface area contributed by atoms with Crippen LogP contribution in [0.5, 0.6) is 0 Å². The van der Waals surface area contributed by atoms with Gasteiger partial charge >= 0.3 is 7.87 Å². The van der Waals surface area contributed by atoms with Gasteiger partial charge < -0.3 is 0 Å². The number of hydrogen-bond acceptors (Lipinski definition) is 5. The van der Waals surface area contributed by atoms with E-state index in [1.807, 2.05) is 13.0 Å². The molecular weight excluding hydrogens is 328 g/mol. The van der Waals surface area contributed by atoms with E-state index in [9.17, 15) is 0 Å². The van der Waals surface area contributed by atoms with E-state index in [0.717, 1.165) is 0 Å². The van der Waals surface area contributed by atoms with Gasteiger partial charge in [0, 0.05) is 40.8 Å². The molecule has 138 valence electrons. The Labute approximate surface area is 144 Å². The molecular formula is C14H38N7P2+. The van der Waals surface area contributed by atoms with E-state index in [0.29, 0.717) is 0 Å². The molecule has 0 aliphatic carbocycles. The fourth-order valence-electron chi connectivity index (χ4n) is 2.28.